The molecular weight excluding hydrogens is 305 g/mol. The van der Waals surface area contributed by atoms with Crippen molar-refractivity contribution in [2.75, 3.05) is 6.54 Å². The number of nitrogens with one attached hydrogen (secondary N) is 1. The van der Waals surface area contributed by atoms with Gasteiger partial charge in [-0.1, -0.05) is 48.5 Å². The van der Waals surface area contributed by atoms with Gasteiger partial charge in [-0.3, -0.25) is 0 Å². The number of nitrogens with two attached hydrogens (primary N) is 1. The van der Waals surface area contributed by atoms with Gasteiger partial charge in [0.25, 0.3) is 0 Å². The molecule has 0 aromatic heterocycles. The highest BCUT2D eigenvalue weighted by Gasteiger charge is 2.35. The molecule has 1 unspecified atom stereocenters. The van der Waals surface area contributed by atoms with Gasteiger partial charge in [-0.15, -0.1) is 0 Å². The molecule has 0 spiro atoms. The fourth-order valence-corrected chi connectivity index (χ4v) is 2.59. The number of benzene rings is 2. The normalized spacial score (nSPS) is 12.7. The third-order valence-corrected chi connectivity index (χ3v) is 3.58. The maximum absolute atomic E-state index is 13.3. The molecule has 0 saturated carbocycles. The maximum atomic E-state index is 13.3. The van der Waals surface area contributed by atoms with Crippen molar-refractivity contribution in [3.8, 4) is 0 Å². The molecule has 6 heteroatoms. The van der Waals surface area contributed by atoms with E-state index in [0.29, 0.717) is 6.42 Å². The summed E-state index contributed by atoms with van der Waals surface area (Å²) >= 11 is 0. The quantitative estimate of drug-likeness (QED) is 0.862. The summed E-state index contributed by atoms with van der Waals surface area (Å²) in [5.41, 5.74) is 5.32. The van der Waals surface area contributed by atoms with Gasteiger partial charge in [0.2, 0.25) is 0 Å². The highest BCUT2D eigenvalue weighted by Crippen LogP contribution is 2.38. The molecule has 0 radical (unpaired) electrons. The summed E-state index contributed by atoms with van der Waals surface area (Å²) in [7, 11) is 0. The van der Waals surface area contributed by atoms with E-state index in [9.17, 15) is 18.0 Å². The fraction of sp³-hybridized carbons (Fsp3) is 0.235. The Kier molecular flexibility index (Phi) is 5.26. The molecular formula is C17H17F3N2O. The van der Waals surface area contributed by atoms with Gasteiger partial charge in [0.05, 0.1) is 5.56 Å². The molecule has 2 rings (SSSR count). The van der Waals surface area contributed by atoms with Crippen molar-refractivity contribution in [2.45, 2.75) is 18.5 Å². The van der Waals surface area contributed by atoms with E-state index in [-0.39, 0.29) is 12.1 Å². The van der Waals surface area contributed by atoms with Crippen LogP contribution in [0.3, 0.4) is 0 Å². The van der Waals surface area contributed by atoms with Gasteiger partial charge in [0.1, 0.15) is 0 Å². The van der Waals surface area contributed by atoms with E-state index in [0.717, 1.165) is 11.6 Å². The van der Waals surface area contributed by atoms with Gasteiger partial charge in [0.15, 0.2) is 0 Å². The molecule has 0 saturated heterocycles. The molecule has 0 fully saturated rings. The van der Waals surface area contributed by atoms with Crippen molar-refractivity contribution >= 4 is 6.03 Å². The lowest BCUT2D eigenvalue weighted by Crippen LogP contribution is -2.31. The minimum atomic E-state index is -4.43. The molecule has 23 heavy (non-hydrogen) atoms. The minimum Gasteiger partial charge on any atom is -0.352 e. The number of hydrogen-bond acceptors (Lipinski definition) is 1. The summed E-state index contributed by atoms with van der Waals surface area (Å²) in [5.74, 6) is -0.485. The number of carbonyl (C=O) groups is 1. The zero-order valence-electron chi connectivity index (χ0n) is 12.3. The van der Waals surface area contributed by atoms with Crippen molar-refractivity contribution < 1.29 is 18.0 Å². The monoisotopic (exact) mass is 322 g/mol. The van der Waals surface area contributed by atoms with Crippen LogP contribution in [0.15, 0.2) is 54.6 Å². The molecule has 1 atom stereocenters. The number of alkyl halides is 3. The number of halogens is 3. The Hall–Kier alpha value is -2.50. The second-order valence-corrected chi connectivity index (χ2v) is 5.13. The van der Waals surface area contributed by atoms with E-state index >= 15 is 0 Å². The van der Waals surface area contributed by atoms with Crippen molar-refractivity contribution in [3.05, 3.63) is 71.3 Å². The van der Waals surface area contributed by atoms with Crippen LogP contribution >= 0.6 is 0 Å². The van der Waals surface area contributed by atoms with E-state index in [1.54, 1.807) is 36.4 Å². The van der Waals surface area contributed by atoms with Crippen LogP contribution in [-0.4, -0.2) is 12.6 Å². The van der Waals surface area contributed by atoms with Crippen LogP contribution in [0.5, 0.6) is 0 Å². The van der Waals surface area contributed by atoms with E-state index < -0.39 is 23.7 Å². The number of urea groups is 1. The lowest BCUT2D eigenvalue weighted by molar-refractivity contribution is -0.138. The lowest BCUT2D eigenvalue weighted by Gasteiger charge is -2.22. The molecule has 3 N–H and O–H groups in total. The third-order valence-electron chi connectivity index (χ3n) is 3.58. The van der Waals surface area contributed by atoms with Crippen molar-refractivity contribution in [1.29, 1.82) is 0 Å². The first-order valence-corrected chi connectivity index (χ1v) is 7.14. The topological polar surface area (TPSA) is 55.1 Å². The summed E-state index contributed by atoms with van der Waals surface area (Å²) in [6, 6.07) is 13.7. The number of rotatable bonds is 5. The SMILES string of the molecule is NC(=O)NCCC(c1ccccc1)c1ccccc1C(F)(F)F. The van der Waals surface area contributed by atoms with Gasteiger partial charge in [0, 0.05) is 12.5 Å². The Morgan fingerprint density at radius 3 is 2.26 bits per heavy atom. The Bertz CT molecular complexity index is 656. The van der Waals surface area contributed by atoms with E-state index in [4.69, 9.17) is 5.73 Å². The molecule has 0 aliphatic rings. The summed E-state index contributed by atoms with van der Waals surface area (Å²) in [5, 5.41) is 2.43. The standard InChI is InChI=1S/C17H17F3N2O/c18-17(19,20)15-9-5-4-8-14(15)13(10-11-22-16(21)23)12-6-2-1-3-7-12/h1-9,13H,10-11H2,(H3,21,22,23). The summed E-state index contributed by atoms with van der Waals surface area (Å²) in [6.45, 7) is 0.196. The van der Waals surface area contributed by atoms with Gasteiger partial charge >= 0.3 is 12.2 Å². The first kappa shape index (κ1) is 16.9. The fourth-order valence-electron chi connectivity index (χ4n) is 2.59. The molecule has 122 valence electrons. The van der Waals surface area contributed by atoms with Crippen LogP contribution < -0.4 is 11.1 Å². The first-order valence-electron chi connectivity index (χ1n) is 7.14. The summed E-state index contributed by atoms with van der Waals surface area (Å²) in [4.78, 5) is 10.8. The van der Waals surface area contributed by atoms with Gasteiger partial charge in [-0.25, -0.2) is 4.79 Å². The number of carbonyl (C=O) groups excluding carboxylic acids is 1. The van der Waals surface area contributed by atoms with Crippen LogP contribution in [0.4, 0.5) is 18.0 Å². The Labute approximate surface area is 132 Å². The summed E-state index contributed by atoms with van der Waals surface area (Å²) < 4.78 is 39.9. The average molecular weight is 322 g/mol. The number of hydrogen-bond donors (Lipinski definition) is 2. The Morgan fingerprint density at radius 1 is 1.04 bits per heavy atom. The zero-order valence-corrected chi connectivity index (χ0v) is 12.3. The predicted molar refractivity (Wildman–Crippen MR) is 81.9 cm³/mol. The van der Waals surface area contributed by atoms with Crippen LogP contribution in [0.25, 0.3) is 0 Å². The largest absolute Gasteiger partial charge is 0.416 e. The molecule has 3 nitrogen and oxygen atoms in total. The molecule has 0 aliphatic heterocycles. The van der Waals surface area contributed by atoms with Crippen LogP contribution in [0, 0.1) is 0 Å². The molecule has 2 aromatic carbocycles. The van der Waals surface area contributed by atoms with Crippen molar-refractivity contribution in [1.82, 2.24) is 5.32 Å². The smallest absolute Gasteiger partial charge is 0.352 e. The number of amides is 2. The molecule has 0 heterocycles. The van der Waals surface area contributed by atoms with Gasteiger partial charge in [-0.05, 0) is 23.6 Å². The van der Waals surface area contributed by atoms with Gasteiger partial charge < -0.3 is 11.1 Å². The minimum absolute atomic E-state index is 0.192. The average Bonchev–Trinajstić information content (AvgIpc) is 2.51. The molecule has 0 bridgehead atoms. The first-order chi connectivity index (χ1) is 10.9. The van der Waals surface area contributed by atoms with Crippen LogP contribution in [0.2, 0.25) is 0 Å². The molecule has 2 amide bonds. The van der Waals surface area contributed by atoms with Gasteiger partial charge in [-0.2, -0.15) is 13.2 Å². The number of primary amides is 1. The lowest BCUT2D eigenvalue weighted by atomic mass is 9.85. The predicted octanol–water partition coefficient (Wildman–Crippen LogP) is 3.90. The molecule has 2 aromatic rings. The van der Waals surface area contributed by atoms with Crippen molar-refractivity contribution in [3.63, 3.8) is 0 Å². The van der Waals surface area contributed by atoms with E-state index in [1.807, 2.05) is 0 Å². The Balaban J connectivity index is 2.40. The molecule has 0 aliphatic carbocycles. The second-order valence-electron chi connectivity index (χ2n) is 5.13. The zero-order chi connectivity index (χ0) is 16.9. The van der Waals surface area contributed by atoms with Crippen LogP contribution in [0.1, 0.15) is 29.0 Å². The van der Waals surface area contributed by atoms with Crippen LogP contribution in [-0.2, 0) is 6.18 Å². The van der Waals surface area contributed by atoms with E-state index in [1.165, 1.54) is 12.1 Å². The van der Waals surface area contributed by atoms with Crippen molar-refractivity contribution in [2.24, 2.45) is 5.73 Å². The maximum Gasteiger partial charge on any atom is 0.416 e. The highest BCUT2D eigenvalue weighted by molar-refractivity contribution is 5.71. The summed E-state index contributed by atoms with van der Waals surface area (Å²) in [6.07, 6.45) is -4.11. The highest BCUT2D eigenvalue weighted by atomic mass is 19.4. The third kappa shape index (κ3) is 4.48. The Morgan fingerprint density at radius 2 is 1.65 bits per heavy atom. The van der Waals surface area contributed by atoms with E-state index in [2.05, 4.69) is 5.32 Å². The second kappa shape index (κ2) is 7.17.